The number of rotatable bonds is 9. The van der Waals surface area contributed by atoms with Gasteiger partial charge in [0.15, 0.2) is 0 Å². The van der Waals surface area contributed by atoms with Crippen molar-refractivity contribution in [2.24, 2.45) is 0 Å². The number of nitrogens with two attached hydrogens (primary N) is 1. The topological polar surface area (TPSA) is 73.8 Å². The van der Waals surface area contributed by atoms with Crippen LogP contribution in [0.25, 0.3) is 0 Å². The molecule has 0 aromatic heterocycles. The zero-order chi connectivity index (χ0) is 16.0. The third-order valence-electron chi connectivity index (χ3n) is 3.03. The van der Waals surface area contributed by atoms with E-state index in [4.69, 9.17) is 0 Å². The molecule has 0 aliphatic carbocycles. The molecule has 0 aliphatic rings. The molecule has 5 heteroatoms. The summed E-state index contributed by atoms with van der Waals surface area (Å²) in [6.07, 6.45) is 8.52. The molecule has 0 bridgehead atoms. The largest absolute Gasteiger partial charge is 0.748 e. The summed E-state index contributed by atoms with van der Waals surface area (Å²) in [4.78, 5) is 0. The molecule has 4 nitrogen and oxygen atoms in total. The lowest BCUT2D eigenvalue weighted by atomic mass is 10.1. The van der Waals surface area contributed by atoms with Crippen LogP contribution in [0.15, 0.2) is 30.3 Å². The molecule has 0 aliphatic heterocycles. The van der Waals surface area contributed by atoms with Gasteiger partial charge in [0.25, 0.3) is 0 Å². The van der Waals surface area contributed by atoms with Gasteiger partial charge in [0.1, 0.15) is 0 Å². The molecule has 0 saturated heterocycles. The number of benzene rings is 1. The molecule has 1 aromatic rings. The van der Waals surface area contributed by atoms with Crippen LogP contribution >= 0.6 is 0 Å². The van der Waals surface area contributed by atoms with Crippen molar-refractivity contribution >= 4 is 10.1 Å². The number of hydrogen-bond donors (Lipinski definition) is 1. The van der Waals surface area contributed by atoms with E-state index in [0.717, 1.165) is 0 Å². The van der Waals surface area contributed by atoms with Crippen molar-refractivity contribution < 1.29 is 18.3 Å². The average Bonchev–Trinajstić information content (AvgIpc) is 2.43. The van der Waals surface area contributed by atoms with E-state index in [9.17, 15) is 13.0 Å². The number of quaternary nitrogens is 1. The van der Waals surface area contributed by atoms with Gasteiger partial charge in [-0.25, -0.2) is 8.42 Å². The Morgan fingerprint density at radius 3 is 2.10 bits per heavy atom. The molecule has 1 rings (SSSR count). The first-order valence-corrected chi connectivity index (χ1v) is 9.32. The second-order valence-corrected chi connectivity index (χ2v) is 6.56. The van der Waals surface area contributed by atoms with E-state index < -0.39 is 15.9 Å². The molecule has 0 amide bonds. The lowest BCUT2D eigenvalue weighted by Gasteiger charge is -2.05. The summed E-state index contributed by atoms with van der Waals surface area (Å²) < 4.78 is 30.7. The highest BCUT2D eigenvalue weighted by atomic mass is 32.2. The zero-order valence-corrected chi connectivity index (χ0v) is 14.1. The van der Waals surface area contributed by atoms with Crippen LogP contribution in [0.1, 0.15) is 51.0 Å². The fraction of sp³-hybridized carbons (Fsp3) is 0.625. The quantitative estimate of drug-likeness (QED) is 0.561. The fourth-order valence-electron chi connectivity index (χ4n) is 1.91. The number of hydrogen-bond acceptors (Lipinski definition) is 3. The number of unbranched alkanes of at least 4 members (excludes halogenated alkanes) is 5. The van der Waals surface area contributed by atoms with Crippen LogP contribution in [0.5, 0.6) is 0 Å². The minimum atomic E-state index is -4.13. The maximum absolute atomic E-state index is 10.2. The molecule has 21 heavy (non-hydrogen) atoms. The summed E-state index contributed by atoms with van der Waals surface area (Å²) in [5.74, 6) is -0.423. The highest BCUT2D eigenvalue weighted by Crippen LogP contribution is 2.03. The van der Waals surface area contributed by atoms with Crippen molar-refractivity contribution in [2.45, 2.75) is 51.2 Å². The zero-order valence-electron chi connectivity index (χ0n) is 13.3. The summed E-state index contributed by atoms with van der Waals surface area (Å²) in [6, 6.07) is 8.37. The Hall–Kier alpha value is -0.910. The molecular formula is C16H29NO3S. The Bertz CT molecular complexity index is 424. The standard InChI is InChI=1S/C9H21N.C7H8O3S/c1-3-4-5-6-7-8-9-10-2;8-11(9,10)6-7-4-2-1-3-5-7/h10H,3-9H2,1-2H3;1-5H,6H2,(H,8,9,10). The first kappa shape index (κ1) is 20.1. The molecule has 0 unspecified atom stereocenters. The highest BCUT2D eigenvalue weighted by Gasteiger charge is 1.96. The first-order valence-electron chi connectivity index (χ1n) is 7.75. The van der Waals surface area contributed by atoms with Gasteiger partial charge in [-0.2, -0.15) is 0 Å². The van der Waals surface area contributed by atoms with E-state index in [-0.39, 0.29) is 0 Å². The van der Waals surface area contributed by atoms with Gasteiger partial charge < -0.3 is 9.87 Å². The van der Waals surface area contributed by atoms with Crippen molar-refractivity contribution in [1.29, 1.82) is 0 Å². The second kappa shape index (κ2) is 12.8. The van der Waals surface area contributed by atoms with E-state index in [2.05, 4.69) is 19.3 Å². The molecule has 0 heterocycles. The second-order valence-electron chi connectivity index (χ2n) is 5.15. The van der Waals surface area contributed by atoms with Crippen LogP contribution in [0.2, 0.25) is 0 Å². The van der Waals surface area contributed by atoms with Crippen LogP contribution in [0.3, 0.4) is 0 Å². The van der Waals surface area contributed by atoms with Gasteiger partial charge in [-0.15, -0.1) is 0 Å². The van der Waals surface area contributed by atoms with Crippen LogP contribution in [-0.4, -0.2) is 26.6 Å². The van der Waals surface area contributed by atoms with E-state index in [1.54, 1.807) is 30.3 Å². The van der Waals surface area contributed by atoms with Crippen LogP contribution in [0.4, 0.5) is 0 Å². The van der Waals surface area contributed by atoms with Crippen molar-refractivity contribution in [3.05, 3.63) is 35.9 Å². The minimum Gasteiger partial charge on any atom is -0.748 e. The van der Waals surface area contributed by atoms with Gasteiger partial charge in [0.2, 0.25) is 0 Å². The Morgan fingerprint density at radius 1 is 1.00 bits per heavy atom. The summed E-state index contributed by atoms with van der Waals surface area (Å²) in [5, 5.41) is 2.26. The summed E-state index contributed by atoms with van der Waals surface area (Å²) in [6.45, 7) is 3.58. The molecule has 0 saturated carbocycles. The molecule has 0 spiro atoms. The third-order valence-corrected chi connectivity index (χ3v) is 3.72. The molecule has 0 fully saturated rings. The summed E-state index contributed by atoms with van der Waals surface area (Å²) >= 11 is 0. The van der Waals surface area contributed by atoms with Gasteiger partial charge in [0.05, 0.1) is 29.5 Å². The van der Waals surface area contributed by atoms with E-state index >= 15 is 0 Å². The van der Waals surface area contributed by atoms with Gasteiger partial charge >= 0.3 is 0 Å². The Kier molecular flexibility index (Phi) is 12.2. The third kappa shape index (κ3) is 15.3. The van der Waals surface area contributed by atoms with E-state index in [0.29, 0.717) is 5.56 Å². The lowest BCUT2D eigenvalue weighted by molar-refractivity contribution is -0.627. The Morgan fingerprint density at radius 2 is 1.57 bits per heavy atom. The van der Waals surface area contributed by atoms with Crippen molar-refractivity contribution in [2.75, 3.05) is 13.6 Å². The smallest absolute Gasteiger partial charge is 0.0988 e. The van der Waals surface area contributed by atoms with Crippen molar-refractivity contribution in [1.82, 2.24) is 0 Å². The summed E-state index contributed by atoms with van der Waals surface area (Å²) in [5.41, 5.74) is 0.530. The first-order chi connectivity index (χ1) is 9.99. The molecular weight excluding hydrogens is 286 g/mol. The molecule has 0 radical (unpaired) electrons. The monoisotopic (exact) mass is 315 g/mol. The Balaban J connectivity index is 0.000000384. The minimum absolute atomic E-state index is 0.423. The normalized spacial score (nSPS) is 10.8. The van der Waals surface area contributed by atoms with Crippen LogP contribution in [0, 0.1) is 0 Å². The van der Waals surface area contributed by atoms with Crippen molar-refractivity contribution in [3.8, 4) is 0 Å². The lowest BCUT2D eigenvalue weighted by Crippen LogP contribution is -2.79. The maximum Gasteiger partial charge on any atom is 0.0988 e. The van der Waals surface area contributed by atoms with E-state index in [1.807, 2.05) is 0 Å². The molecule has 122 valence electrons. The van der Waals surface area contributed by atoms with Gasteiger partial charge in [-0.05, 0) is 18.4 Å². The SMILES string of the molecule is CCCCCCCC[NH2+]C.O=S(=O)([O-])Cc1ccccc1. The molecule has 0 atom stereocenters. The Labute approximate surface area is 129 Å². The highest BCUT2D eigenvalue weighted by molar-refractivity contribution is 7.84. The summed E-state index contributed by atoms with van der Waals surface area (Å²) in [7, 11) is -1.98. The molecule has 2 N–H and O–H groups in total. The fourth-order valence-corrected chi connectivity index (χ4v) is 2.51. The van der Waals surface area contributed by atoms with Crippen LogP contribution < -0.4 is 5.32 Å². The van der Waals surface area contributed by atoms with E-state index in [1.165, 1.54) is 45.1 Å². The predicted molar refractivity (Wildman–Crippen MR) is 85.9 cm³/mol. The van der Waals surface area contributed by atoms with Gasteiger partial charge in [-0.3, -0.25) is 0 Å². The predicted octanol–water partition coefficient (Wildman–Crippen LogP) is 2.27. The average molecular weight is 315 g/mol. The van der Waals surface area contributed by atoms with Crippen LogP contribution in [-0.2, 0) is 15.9 Å². The van der Waals surface area contributed by atoms with Gasteiger partial charge in [0, 0.05) is 0 Å². The molecule has 1 aromatic carbocycles. The van der Waals surface area contributed by atoms with Crippen molar-refractivity contribution in [3.63, 3.8) is 0 Å². The maximum atomic E-state index is 10.2. The van der Waals surface area contributed by atoms with Gasteiger partial charge in [-0.1, -0.05) is 62.9 Å².